The van der Waals surface area contributed by atoms with Crippen molar-refractivity contribution in [3.63, 3.8) is 0 Å². The number of thiophene rings is 1. The van der Waals surface area contributed by atoms with Crippen LogP contribution in [-0.4, -0.2) is 107 Å². The third-order valence-electron chi connectivity index (χ3n) is 16.9. The molecule has 436 valence electrons. The number of aryl methyl sites for hydroxylation is 1. The number of aromatic nitrogens is 2. The zero-order valence-corrected chi connectivity index (χ0v) is 49.8. The van der Waals surface area contributed by atoms with Crippen LogP contribution in [0.25, 0.3) is 22.3 Å². The summed E-state index contributed by atoms with van der Waals surface area (Å²) in [6.07, 6.45) is 19.5. The summed E-state index contributed by atoms with van der Waals surface area (Å²) < 4.78 is 10.9. The number of nitrogens with zero attached hydrogens (tertiary/aromatic N) is 8. The monoisotopic (exact) mass is 1140 g/mol. The maximum atomic E-state index is 13.3. The lowest BCUT2D eigenvalue weighted by Gasteiger charge is -2.35. The van der Waals surface area contributed by atoms with Gasteiger partial charge in [-0.2, -0.15) is 0 Å². The standard InChI is InChI=1S/C25H39N5O2.C22H20N4O.C18H21N3O2S/c1-30-23(31)25(29-24(30)26,13-11-18-7-4-3-5-8-18)17-19-9-6-10-20(15-19)28-22-16-21(32-2)12-14-27-22;1-15-11-17(14-24-13-15)16-7-6-10-19(12-16)22(18-8-4-3-5-9-18)20(27)26(2)21(23)25-22;1-4-23-14-7-5-6-12(8-14)13-9-15(24-11-13)18(2)10-16(22)21(3)17(19)20-18/h12,14,16,18-20H,3-11,13,15,17H2,1-2H3,(H2,26,29)(H,27,28);3-14H,1-2H3,(H2,23,25);5-9,11H,4,10H2,1-3H3,(H2,19,20)/t19-,20+,25+;;18-/m0.0/s1. The maximum absolute atomic E-state index is 13.3. The molecule has 1 unspecified atom stereocenters. The van der Waals surface area contributed by atoms with Crippen LogP contribution in [0, 0.1) is 18.8 Å². The highest BCUT2D eigenvalue weighted by atomic mass is 32.1. The summed E-state index contributed by atoms with van der Waals surface area (Å²) in [6, 6.07) is 33.7. The lowest BCUT2D eigenvalue weighted by atomic mass is 9.74. The predicted molar refractivity (Wildman–Crippen MR) is 331 cm³/mol. The van der Waals surface area contributed by atoms with Gasteiger partial charge < -0.3 is 32.0 Å². The first-order valence-corrected chi connectivity index (χ1v) is 29.9. The van der Waals surface area contributed by atoms with Gasteiger partial charge in [0.1, 0.15) is 28.4 Å². The van der Waals surface area contributed by atoms with Crippen LogP contribution in [0.15, 0.2) is 142 Å². The van der Waals surface area contributed by atoms with E-state index in [1.807, 2.05) is 124 Å². The van der Waals surface area contributed by atoms with Crippen LogP contribution >= 0.6 is 11.3 Å². The molecule has 6 heterocycles. The summed E-state index contributed by atoms with van der Waals surface area (Å²) in [5, 5.41) is 5.67. The molecule has 17 nitrogen and oxygen atoms in total. The van der Waals surface area contributed by atoms with Gasteiger partial charge in [-0.3, -0.25) is 34.1 Å². The average Bonchev–Trinajstić information content (AvgIpc) is 2.22. The number of likely N-dealkylation sites (N-methyl/N-ethyl adjacent to an activating group) is 2. The van der Waals surface area contributed by atoms with Gasteiger partial charge in [-0.25, -0.2) is 20.0 Å². The number of ether oxygens (including phenoxy) is 2. The van der Waals surface area contributed by atoms with Crippen LogP contribution in [0.2, 0.25) is 0 Å². The van der Waals surface area contributed by atoms with E-state index in [4.69, 9.17) is 31.7 Å². The minimum absolute atomic E-state index is 0.0155. The Morgan fingerprint density at radius 1 is 0.687 bits per heavy atom. The van der Waals surface area contributed by atoms with Crippen molar-refractivity contribution in [3.8, 4) is 33.8 Å². The molecule has 0 spiro atoms. The molecule has 0 bridgehead atoms. The maximum Gasteiger partial charge on any atom is 0.266 e. The molecule has 5 aliphatic rings. The summed E-state index contributed by atoms with van der Waals surface area (Å²) in [7, 11) is 6.74. The molecule has 3 amide bonds. The Morgan fingerprint density at radius 2 is 1.39 bits per heavy atom. The van der Waals surface area contributed by atoms with Gasteiger partial charge in [0.25, 0.3) is 11.8 Å². The summed E-state index contributed by atoms with van der Waals surface area (Å²) in [5.74, 6) is 4.46. The van der Waals surface area contributed by atoms with E-state index in [0.717, 1.165) is 112 Å². The van der Waals surface area contributed by atoms with Crippen LogP contribution in [0.1, 0.15) is 119 Å². The highest BCUT2D eigenvalue weighted by Gasteiger charge is 2.50. The van der Waals surface area contributed by atoms with Gasteiger partial charge in [0.2, 0.25) is 5.91 Å². The van der Waals surface area contributed by atoms with E-state index >= 15 is 0 Å². The predicted octanol–water partition coefficient (Wildman–Crippen LogP) is 10.6. The second-order valence-corrected chi connectivity index (χ2v) is 23.8. The van der Waals surface area contributed by atoms with Gasteiger partial charge >= 0.3 is 0 Å². The number of carbonyl (C=O) groups excluding carboxylic acids is 3. The number of hydrogen-bond acceptors (Lipinski definition) is 15. The van der Waals surface area contributed by atoms with Crippen LogP contribution in [0.5, 0.6) is 11.5 Å². The number of benzene rings is 3. The Kier molecular flexibility index (Phi) is 18.6. The van der Waals surface area contributed by atoms with Crippen LogP contribution < -0.4 is 32.0 Å². The lowest BCUT2D eigenvalue weighted by molar-refractivity contribution is -0.131. The molecule has 2 aliphatic carbocycles. The molecule has 2 fully saturated rings. The molecule has 3 aliphatic heterocycles. The third kappa shape index (κ3) is 13.4. The molecule has 2 saturated carbocycles. The van der Waals surface area contributed by atoms with Crippen molar-refractivity contribution in [1.82, 2.24) is 24.7 Å². The SMILES string of the molecule is CCOc1cccc(-c2csc([C@]3(C)CC(=O)N(C)C(N)=N3)c2)c1.COc1ccnc(N[C@@H]2CCC[C@H](C[C@@]3(CCC4CCCCC4)N=C(N)N(C)C3=O)C2)c1.Cc1cncc(-c2cccc(C3(c4ccccc4)N=C(N)N(C)C3=O)c2)c1. The molecular weight excluding hydrogens is 1060 g/mol. The molecule has 0 saturated heterocycles. The number of guanidine groups is 3. The second kappa shape index (κ2) is 26.0. The number of methoxy groups -OCH3 is 1. The fraction of sp³-hybridized carbons (Fsp3) is 0.415. The largest absolute Gasteiger partial charge is 0.497 e. The molecule has 3 aromatic heterocycles. The van der Waals surface area contributed by atoms with Crippen molar-refractivity contribution in [2.24, 2.45) is 44.0 Å². The first-order chi connectivity index (χ1) is 39.9. The van der Waals surface area contributed by atoms with Crippen molar-refractivity contribution in [2.75, 3.05) is 40.2 Å². The van der Waals surface area contributed by atoms with Crippen molar-refractivity contribution in [2.45, 2.75) is 127 Å². The topological polar surface area (TPSA) is 232 Å². The van der Waals surface area contributed by atoms with E-state index in [9.17, 15) is 14.4 Å². The minimum Gasteiger partial charge on any atom is -0.497 e. The number of nitrogens with one attached hydrogen (secondary N) is 1. The Labute approximate surface area is 492 Å². The molecule has 0 radical (unpaired) electrons. The smallest absolute Gasteiger partial charge is 0.266 e. The number of nitrogens with two attached hydrogens (primary N) is 3. The summed E-state index contributed by atoms with van der Waals surface area (Å²) in [4.78, 5) is 66.9. The van der Waals surface area contributed by atoms with E-state index in [1.165, 1.54) is 41.9 Å². The third-order valence-corrected chi connectivity index (χ3v) is 18.1. The second-order valence-electron chi connectivity index (χ2n) is 22.8. The normalized spacial score (nSPS) is 23.5. The van der Waals surface area contributed by atoms with Gasteiger partial charge in [-0.1, -0.05) is 106 Å². The summed E-state index contributed by atoms with van der Waals surface area (Å²) in [6.45, 7) is 6.57. The lowest BCUT2D eigenvalue weighted by Crippen LogP contribution is -2.47. The quantitative estimate of drug-likeness (QED) is 0.0755. The van der Waals surface area contributed by atoms with Gasteiger partial charge in [0.05, 0.1) is 20.1 Å². The first kappa shape index (κ1) is 59.5. The molecule has 18 heteroatoms. The average molecular weight is 1140 g/mol. The fourth-order valence-corrected chi connectivity index (χ4v) is 13.3. The van der Waals surface area contributed by atoms with Gasteiger partial charge in [0, 0.05) is 62.3 Å². The fourth-order valence-electron chi connectivity index (χ4n) is 12.2. The summed E-state index contributed by atoms with van der Waals surface area (Å²) >= 11 is 1.60. The van der Waals surface area contributed by atoms with Gasteiger partial charge in [-0.15, -0.1) is 11.3 Å². The van der Waals surface area contributed by atoms with E-state index in [0.29, 0.717) is 30.9 Å². The first-order valence-electron chi connectivity index (χ1n) is 29.0. The van der Waals surface area contributed by atoms with Gasteiger partial charge in [0.15, 0.2) is 23.4 Å². The van der Waals surface area contributed by atoms with E-state index < -0.39 is 16.6 Å². The number of rotatable bonds is 15. The number of anilines is 1. The summed E-state index contributed by atoms with van der Waals surface area (Å²) in [5.41, 5.74) is 22.4. The van der Waals surface area contributed by atoms with Crippen LogP contribution in [0.3, 0.4) is 0 Å². The van der Waals surface area contributed by atoms with Crippen LogP contribution in [-0.2, 0) is 25.5 Å². The molecule has 5 atom stereocenters. The molecule has 7 N–H and O–H groups in total. The zero-order chi connectivity index (χ0) is 58.9. The number of hydrogen-bond donors (Lipinski definition) is 4. The Bertz CT molecular complexity index is 3360. The van der Waals surface area contributed by atoms with Gasteiger partial charge in [-0.05, 0) is 140 Å². The molecular formula is C65H80N12O5S. The van der Waals surface area contributed by atoms with E-state index in [2.05, 4.69) is 42.8 Å². The van der Waals surface area contributed by atoms with Crippen molar-refractivity contribution in [3.05, 3.63) is 149 Å². The zero-order valence-electron chi connectivity index (χ0n) is 49.0. The highest BCUT2D eigenvalue weighted by Crippen LogP contribution is 2.44. The molecule has 3 aromatic carbocycles. The Morgan fingerprint density at radius 3 is 2.07 bits per heavy atom. The number of amides is 3. The molecule has 83 heavy (non-hydrogen) atoms. The Balaban J connectivity index is 0.000000151. The number of aliphatic imine (C=N–C) groups is 3. The van der Waals surface area contributed by atoms with E-state index in [-0.39, 0.29) is 29.6 Å². The Hall–Kier alpha value is -8.12. The van der Waals surface area contributed by atoms with Crippen molar-refractivity contribution in [1.29, 1.82) is 0 Å². The van der Waals surface area contributed by atoms with Crippen LogP contribution in [0.4, 0.5) is 5.82 Å². The van der Waals surface area contributed by atoms with Crippen molar-refractivity contribution < 1.29 is 23.9 Å². The number of pyridine rings is 2. The van der Waals surface area contributed by atoms with Crippen molar-refractivity contribution >= 4 is 52.8 Å². The minimum atomic E-state index is -1.17. The number of carbonyl (C=O) groups is 3. The van der Waals surface area contributed by atoms with E-state index in [1.54, 1.807) is 50.7 Å². The molecule has 11 rings (SSSR count). The highest BCUT2D eigenvalue weighted by molar-refractivity contribution is 7.10. The molecule has 6 aromatic rings.